The van der Waals surface area contributed by atoms with Crippen molar-refractivity contribution in [3.63, 3.8) is 0 Å². The van der Waals surface area contributed by atoms with Crippen LogP contribution < -0.4 is 0 Å². The first kappa shape index (κ1) is 7.48. The Morgan fingerprint density at radius 1 is 1.70 bits per heavy atom. The first-order valence-corrected chi connectivity index (χ1v) is 3.58. The number of halogens is 1. The van der Waals surface area contributed by atoms with Gasteiger partial charge < -0.3 is 9.80 Å². The van der Waals surface area contributed by atoms with Crippen molar-refractivity contribution in [1.29, 1.82) is 0 Å². The van der Waals surface area contributed by atoms with Gasteiger partial charge in [0.2, 0.25) is 0 Å². The second-order valence-electron chi connectivity index (χ2n) is 2.32. The van der Waals surface area contributed by atoms with Crippen LogP contribution in [0.3, 0.4) is 0 Å². The highest BCUT2D eigenvalue weighted by molar-refractivity contribution is 6.21. The van der Waals surface area contributed by atoms with Gasteiger partial charge in [0.25, 0.3) is 0 Å². The summed E-state index contributed by atoms with van der Waals surface area (Å²) in [6.07, 6.45) is 5.66. The van der Waals surface area contributed by atoms with Gasteiger partial charge in [-0.1, -0.05) is 24.3 Å². The number of alkyl halides is 1. The Kier molecular flexibility index (Phi) is 2.22. The van der Waals surface area contributed by atoms with Gasteiger partial charge in [0.15, 0.2) is 0 Å². The van der Waals surface area contributed by atoms with Crippen molar-refractivity contribution in [2.75, 3.05) is 13.7 Å². The number of nitrogens with zero attached hydrogens (tertiary/aromatic N) is 2. The van der Waals surface area contributed by atoms with Crippen LogP contribution in [0.4, 0.5) is 0 Å². The van der Waals surface area contributed by atoms with Gasteiger partial charge in [-0.2, -0.15) is 0 Å². The lowest BCUT2D eigenvalue weighted by molar-refractivity contribution is 0.301. The van der Waals surface area contributed by atoms with Crippen molar-refractivity contribution in [3.8, 4) is 0 Å². The molecule has 0 radical (unpaired) electrons. The van der Waals surface area contributed by atoms with E-state index < -0.39 is 0 Å². The molecule has 1 atom stereocenters. The molecule has 1 aliphatic heterocycles. The number of rotatable bonds is 2. The molecule has 0 aliphatic carbocycles. The molecule has 0 saturated carbocycles. The van der Waals surface area contributed by atoms with Gasteiger partial charge in [-0.3, -0.25) is 0 Å². The molecule has 0 aromatic carbocycles. The highest BCUT2D eigenvalue weighted by Gasteiger charge is 2.13. The maximum atomic E-state index is 5.87. The normalized spacial score (nSPS) is 19.8. The fourth-order valence-electron chi connectivity index (χ4n) is 0.847. The van der Waals surface area contributed by atoms with Crippen LogP contribution in [0.1, 0.15) is 0 Å². The van der Waals surface area contributed by atoms with Gasteiger partial charge in [0.05, 0.1) is 6.67 Å². The van der Waals surface area contributed by atoms with E-state index in [2.05, 4.69) is 11.5 Å². The van der Waals surface area contributed by atoms with Crippen molar-refractivity contribution in [1.82, 2.24) is 9.80 Å². The van der Waals surface area contributed by atoms with E-state index in [1.807, 2.05) is 24.3 Å². The first-order chi connectivity index (χ1) is 4.74. The van der Waals surface area contributed by atoms with Crippen molar-refractivity contribution in [2.45, 2.75) is 5.50 Å². The van der Waals surface area contributed by atoms with Crippen LogP contribution in [-0.2, 0) is 0 Å². The van der Waals surface area contributed by atoms with Gasteiger partial charge in [-0.15, -0.1) is 0 Å². The van der Waals surface area contributed by atoms with Crippen molar-refractivity contribution < 1.29 is 0 Å². The van der Waals surface area contributed by atoms with E-state index in [0.717, 1.165) is 6.67 Å². The van der Waals surface area contributed by atoms with Crippen LogP contribution in [0, 0.1) is 0 Å². The summed E-state index contributed by atoms with van der Waals surface area (Å²) in [5, 5.41) is 0. The summed E-state index contributed by atoms with van der Waals surface area (Å²) in [6, 6.07) is 0. The third kappa shape index (κ3) is 1.45. The lowest BCUT2D eigenvalue weighted by atomic mass is 10.5. The summed E-state index contributed by atoms with van der Waals surface area (Å²) in [6.45, 7) is 4.45. The van der Waals surface area contributed by atoms with E-state index in [9.17, 15) is 0 Å². The summed E-state index contributed by atoms with van der Waals surface area (Å²) >= 11 is 5.87. The Hall–Kier alpha value is -0.630. The monoisotopic (exact) mass is 158 g/mol. The molecule has 0 N–H and O–H groups in total. The summed E-state index contributed by atoms with van der Waals surface area (Å²) in [5.41, 5.74) is -0.0822. The second-order valence-corrected chi connectivity index (χ2v) is 2.77. The van der Waals surface area contributed by atoms with E-state index in [4.69, 9.17) is 11.6 Å². The van der Waals surface area contributed by atoms with Crippen LogP contribution in [0.25, 0.3) is 0 Å². The summed E-state index contributed by atoms with van der Waals surface area (Å²) in [7, 11) is 2.00. The highest BCUT2D eigenvalue weighted by atomic mass is 35.5. The van der Waals surface area contributed by atoms with Crippen LogP contribution in [0.5, 0.6) is 0 Å². The summed E-state index contributed by atoms with van der Waals surface area (Å²) in [4.78, 5) is 4.05. The predicted molar refractivity (Wildman–Crippen MR) is 43.4 cm³/mol. The molecule has 0 amide bonds. The molecule has 1 unspecified atom stereocenters. The maximum absolute atomic E-state index is 5.87. The number of hydrogen-bond donors (Lipinski definition) is 0. The predicted octanol–water partition coefficient (Wildman–Crippen LogP) is 1.41. The van der Waals surface area contributed by atoms with Crippen LogP contribution in [0.15, 0.2) is 25.1 Å². The Morgan fingerprint density at radius 3 is 2.80 bits per heavy atom. The van der Waals surface area contributed by atoms with Gasteiger partial charge in [0, 0.05) is 19.4 Å². The topological polar surface area (TPSA) is 6.48 Å². The minimum Gasteiger partial charge on any atom is -0.362 e. The third-order valence-electron chi connectivity index (χ3n) is 1.41. The van der Waals surface area contributed by atoms with Crippen LogP contribution >= 0.6 is 11.6 Å². The molecule has 3 heteroatoms. The van der Waals surface area contributed by atoms with Crippen molar-refractivity contribution in [2.24, 2.45) is 0 Å². The fourth-order valence-corrected chi connectivity index (χ4v) is 0.974. The Bertz CT molecular complexity index is 156. The molecule has 0 spiro atoms. The molecular formula is C7H11ClN2. The molecule has 1 rings (SSSR count). The minimum atomic E-state index is -0.0822. The van der Waals surface area contributed by atoms with Crippen molar-refractivity contribution in [3.05, 3.63) is 25.1 Å². The van der Waals surface area contributed by atoms with Crippen LogP contribution in [0.2, 0.25) is 0 Å². The zero-order chi connectivity index (χ0) is 7.56. The smallest absolute Gasteiger partial charge is 0.123 e. The number of hydrogen-bond acceptors (Lipinski definition) is 2. The third-order valence-corrected chi connectivity index (χ3v) is 1.84. The van der Waals surface area contributed by atoms with Gasteiger partial charge in [0.1, 0.15) is 5.50 Å². The van der Waals surface area contributed by atoms with E-state index >= 15 is 0 Å². The molecule has 1 heterocycles. The average molecular weight is 159 g/mol. The lowest BCUT2D eigenvalue weighted by Gasteiger charge is -2.20. The molecule has 2 nitrogen and oxygen atoms in total. The van der Waals surface area contributed by atoms with E-state index in [1.165, 1.54) is 0 Å². The summed E-state index contributed by atoms with van der Waals surface area (Å²) in [5.74, 6) is 0. The molecule has 56 valence electrons. The largest absolute Gasteiger partial charge is 0.362 e. The van der Waals surface area contributed by atoms with E-state index in [0.29, 0.717) is 0 Å². The second kappa shape index (κ2) is 2.97. The molecule has 0 saturated heterocycles. The molecule has 10 heavy (non-hydrogen) atoms. The SMILES string of the molecule is C=CC(Cl)N1C=CN(C)C1. The molecule has 1 aliphatic rings. The maximum Gasteiger partial charge on any atom is 0.123 e. The molecule has 0 fully saturated rings. The Labute approximate surface area is 66.4 Å². The quantitative estimate of drug-likeness (QED) is 0.341. The van der Waals surface area contributed by atoms with Gasteiger partial charge in [-0.05, 0) is 0 Å². The average Bonchev–Trinajstić information content (AvgIpc) is 2.34. The first-order valence-electron chi connectivity index (χ1n) is 3.15. The van der Waals surface area contributed by atoms with Crippen LogP contribution in [-0.4, -0.2) is 29.0 Å². The molecule has 0 bridgehead atoms. The highest BCUT2D eigenvalue weighted by Crippen LogP contribution is 2.11. The summed E-state index contributed by atoms with van der Waals surface area (Å²) < 4.78 is 0. The zero-order valence-electron chi connectivity index (χ0n) is 6.00. The van der Waals surface area contributed by atoms with Crippen molar-refractivity contribution >= 4 is 11.6 Å². The standard InChI is InChI=1S/C7H11ClN2/c1-3-7(8)10-5-4-9(2)6-10/h3-5,7H,1,6H2,2H3. The fraction of sp³-hybridized carbons (Fsp3) is 0.429. The molecule has 0 aromatic heterocycles. The zero-order valence-corrected chi connectivity index (χ0v) is 6.75. The Morgan fingerprint density at radius 2 is 2.40 bits per heavy atom. The Balaban J connectivity index is 2.45. The lowest BCUT2D eigenvalue weighted by Crippen LogP contribution is -2.27. The van der Waals surface area contributed by atoms with Gasteiger partial charge >= 0.3 is 0 Å². The minimum absolute atomic E-state index is 0.0822. The van der Waals surface area contributed by atoms with E-state index in [1.54, 1.807) is 6.08 Å². The molecular weight excluding hydrogens is 148 g/mol. The molecule has 0 aromatic rings. The van der Waals surface area contributed by atoms with Gasteiger partial charge in [-0.25, -0.2) is 0 Å². The van der Waals surface area contributed by atoms with E-state index in [-0.39, 0.29) is 5.50 Å².